The number of benzene rings is 1. The van der Waals surface area contributed by atoms with E-state index < -0.39 is 11.6 Å². The summed E-state index contributed by atoms with van der Waals surface area (Å²) in [7, 11) is 0. The topological polar surface area (TPSA) is 86.6 Å². The fraction of sp³-hybridized carbons (Fsp3) is 0.286. The predicted molar refractivity (Wildman–Crippen MR) is 69.4 cm³/mol. The maximum absolute atomic E-state index is 12.2. The van der Waals surface area contributed by atoms with Crippen LogP contribution in [0.5, 0.6) is 11.5 Å². The summed E-state index contributed by atoms with van der Waals surface area (Å²) in [6.45, 7) is 2.60. The van der Waals surface area contributed by atoms with Crippen molar-refractivity contribution >= 4 is 11.6 Å². The first-order valence-electron chi connectivity index (χ1n) is 6.15. The number of carbonyl (C=O) groups excluding carboxylic acids is 2. The highest BCUT2D eigenvalue weighted by Crippen LogP contribution is 2.33. The number of Topliss-reactive ketones (excluding diaryl/α,β-unsaturated/α-hetero) is 1. The molecule has 100 valence electrons. The van der Waals surface area contributed by atoms with Crippen LogP contribution in [0, 0.1) is 0 Å². The minimum absolute atomic E-state index is 0.133. The van der Waals surface area contributed by atoms with Crippen molar-refractivity contribution in [3.05, 3.63) is 35.0 Å². The van der Waals surface area contributed by atoms with Crippen LogP contribution in [0.2, 0.25) is 0 Å². The third kappa shape index (κ3) is 2.31. The molecule has 0 saturated carbocycles. The summed E-state index contributed by atoms with van der Waals surface area (Å²) in [4.78, 5) is 24.1. The molecule has 1 aliphatic carbocycles. The van der Waals surface area contributed by atoms with Crippen molar-refractivity contribution in [3.63, 3.8) is 0 Å². The molecule has 0 heterocycles. The number of phenols is 2. The molecule has 0 aromatic heterocycles. The summed E-state index contributed by atoms with van der Waals surface area (Å²) in [5, 5.41) is 22.2. The Morgan fingerprint density at radius 1 is 1.11 bits per heavy atom. The Hall–Kier alpha value is -2.30. The molecular formula is C14H15NO4. The highest BCUT2D eigenvalue weighted by molar-refractivity contribution is 6.26. The first kappa shape index (κ1) is 13.1. The third-order valence-electron chi connectivity index (χ3n) is 3.00. The maximum Gasteiger partial charge on any atom is 0.213 e. The molecule has 1 aromatic rings. The van der Waals surface area contributed by atoms with Crippen molar-refractivity contribution in [1.82, 2.24) is 5.32 Å². The summed E-state index contributed by atoms with van der Waals surface area (Å²) < 4.78 is 0. The van der Waals surface area contributed by atoms with E-state index in [0.717, 1.165) is 12.8 Å². The molecule has 1 aliphatic rings. The minimum Gasteiger partial charge on any atom is -0.507 e. The number of carbonyl (C=O) groups is 2. The maximum atomic E-state index is 12.2. The molecule has 0 fully saturated rings. The molecule has 0 amide bonds. The number of phenolic OH excluding ortho intramolecular Hbond substituents is 2. The van der Waals surface area contributed by atoms with Crippen LogP contribution in [0.4, 0.5) is 0 Å². The highest BCUT2D eigenvalue weighted by atomic mass is 16.3. The average Bonchev–Trinajstić information content (AvgIpc) is 2.38. The second-order valence-electron chi connectivity index (χ2n) is 4.39. The molecule has 0 spiro atoms. The molecule has 0 unspecified atom stereocenters. The SMILES string of the molecule is CCCCNC1=CC(=O)c2c(O)ccc(O)c2C1=O. The molecule has 19 heavy (non-hydrogen) atoms. The van der Waals surface area contributed by atoms with E-state index in [1.54, 1.807) is 0 Å². The molecule has 0 aliphatic heterocycles. The van der Waals surface area contributed by atoms with Crippen LogP contribution in [0.15, 0.2) is 23.9 Å². The average molecular weight is 261 g/mol. The van der Waals surface area contributed by atoms with Crippen molar-refractivity contribution in [1.29, 1.82) is 0 Å². The van der Waals surface area contributed by atoms with Crippen molar-refractivity contribution in [2.24, 2.45) is 0 Å². The van der Waals surface area contributed by atoms with Crippen molar-refractivity contribution in [3.8, 4) is 11.5 Å². The minimum atomic E-state index is -0.484. The second-order valence-corrected chi connectivity index (χ2v) is 4.39. The van der Waals surface area contributed by atoms with Crippen LogP contribution in [0.1, 0.15) is 40.5 Å². The van der Waals surface area contributed by atoms with Crippen LogP contribution < -0.4 is 5.32 Å². The zero-order chi connectivity index (χ0) is 14.0. The number of fused-ring (bicyclic) bond motifs is 1. The van der Waals surface area contributed by atoms with Crippen LogP contribution >= 0.6 is 0 Å². The Morgan fingerprint density at radius 2 is 1.74 bits per heavy atom. The third-order valence-corrected chi connectivity index (χ3v) is 3.00. The molecule has 0 atom stereocenters. The first-order valence-corrected chi connectivity index (χ1v) is 6.15. The molecule has 0 radical (unpaired) electrons. The molecule has 5 nitrogen and oxygen atoms in total. The van der Waals surface area contributed by atoms with Gasteiger partial charge in [-0.15, -0.1) is 0 Å². The fourth-order valence-electron chi connectivity index (χ4n) is 1.99. The monoisotopic (exact) mass is 261 g/mol. The van der Waals surface area contributed by atoms with E-state index in [-0.39, 0.29) is 28.3 Å². The van der Waals surface area contributed by atoms with Crippen molar-refractivity contribution in [2.45, 2.75) is 19.8 Å². The number of hydrogen-bond acceptors (Lipinski definition) is 5. The van der Waals surface area contributed by atoms with Crippen molar-refractivity contribution in [2.75, 3.05) is 6.54 Å². The van der Waals surface area contributed by atoms with E-state index in [9.17, 15) is 19.8 Å². The van der Waals surface area contributed by atoms with Gasteiger partial charge in [-0.05, 0) is 18.6 Å². The van der Waals surface area contributed by atoms with Gasteiger partial charge in [-0.2, -0.15) is 0 Å². The zero-order valence-corrected chi connectivity index (χ0v) is 10.6. The van der Waals surface area contributed by atoms with Gasteiger partial charge in [0.05, 0.1) is 16.8 Å². The van der Waals surface area contributed by atoms with Gasteiger partial charge >= 0.3 is 0 Å². The van der Waals surface area contributed by atoms with E-state index in [2.05, 4.69) is 5.32 Å². The smallest absolute Gasteiger partial charge is 0.213 e. The van der Waals surface area contributed by atoms with Crippen LogP contribution in [-0.2, 0) is 0 Å². The number of nitrogens with one attached hydrogen (secondary N) is 1. The molecular weight excluding hydrogens is 246 g/mol. The number of aromatic hydroxyl groups is 2. The Kier molecular flexibility index (Phi) is 3.55. The van der Waals surface area contributed by atoms with Gasteiger partial charge in [-0.3, -0.25) is 9.59 Å². The number of ketones is 2. The van der Waals surface area contributed by atoms with E-state index in [1.807, 2.05) is 6.92 Å². The number of rotatable bonds is 4. The summed E-state index contributed by atoms with van der Waals surface area (Å²) in [6, 6.07) is 2.40. The molecule has 1 aromatic carbocycles. The molecule has 0 bridgehead atoms. The number of hydrogen-bond donors (Lipinski definition) is 3. The van der Waals surface area contributed by atoms with E-state index >= 15 is 0 Å². The quantitative estimate of drug-likeness (QED) is 0.568. The Balaban J connectivity index is 2.39. The lowest BCUT2D eigenvalue weighted by atomic mass is 9.91. The van der Waals surface area contributed by atoms with Gasteiger partial charge in [0.1, 0.15) is 11.5 Å². The van der Waals surface area contributed by atoms with E-state index in [4.69, 9.17) is 0 Å². The summed E-state index contributed by atoms with van der Waals surface area (Å²) >= 11 is 0. The summed E-state index contributed by atoms with van der Waals surface area (Å²) in [5.74, 6) is -1.55. The van der Waals surface area contributed by atoms with Gasteiger partial charge in [-0.25, -0.2) is 0 Å². The standard InChI is InChI=1S/C14H15NO4/c1-2-3-6-15-8-7-11(18)12-9(16)4-5-10(17)13(12)14(8)19/h4-5,7,15-17H,2-3,6H2,1H3. The fourth-order valence-corrected chi connectivity index (χ4v) is 1.99. The van der Waals surface area contributed by atoms with E-state index in [1.165, 1.54) is 18.2 Å². The second kappa shape index (κ2) is 5.14. The van der Waals surface area contributed by atoms with Crippen LogP contribution in [-0.4, -0.2) is 28.3 Å². The lowest BCUT2D eigenvalue weighted by Gasteiger charge is -2.18. The van der Waals surface area contributed by atoms with E-state index in [0.29, 0.717) is 6.54 Å². The molecule has 2 rings (SSSR count). The van der Waals surface area contributed by atoms with Gasteiger partial charge in [0.2, 0.25) is 5.78 Å². The summed E-state index contributed by atoms with van der Waals surface area (Å²) in [6.07, 6.45) is 3.00. The van der Waals surface area contributed by atoms with Gasteiger partial charge in [0, 0.05) is 12.6 Å². The summed E-state index contributed by atoms with van der Waals surface area (Å²) in [5.41, 5.74) is -0.107. The molecule has 3 N–H and O–H groups in total. The normalized spacial score (nSPS) is 14.1. The number of allylic oxidation sites excluding steroid dienone is 2. The van der Waals surface area contributed by atoms with Gasteiger partial charge in [-0.1, -0.05) is 13.3 Å². The Labute approximate surface area is 110 Å². The van der Waals surface area contributed by atoms with Crippen LogP contribution in [0.3, 0.4) is 0 Å². The van der Waals surface area contributed by atoms with Gasteiger partial charge < -0.3 is 15.5 Å². The van der Waals surface area contributed by atoms with Gasteiger partial charge in [0.25, 0.3) is 0 Å². The highest BCUT2D eigenvalue weighted by Gasteiger charge is 2.30. The predicted octanol–water partition coefficient (Wildman–Crippen LogP) is 1.75. The van der Waals surface area contributed by atoms with Crippen LogP contribution in [0.25, 0.3) is 0 Å². The largest absolute Gasteiger partial charge is 0.507 e. The Morgan fingerprint density at radius 3 is 2.37 bits per heavy atom. The lowest BCUT2D eigenvalue weighted by molar-refractivity contribution is 0.0973. The zero-order valence-electron chi connectivity index (χ0n) is 10.6. The lowest BCUT2D eigenvalue weighted by Crippen LogP contribution is -2.27. The number of unbranched alkanes of at least 4 members (excludes halogenated alkanes) is 1. The van der Waals surface area contributed by atoms with Crippen molar-refractivity contribution < 1.29 is 19.8 Å². The van der Waals surface area contributed by atoms with Gasteiger partial charge in [0.15, 0.2) is 5.78 Å². The molecule has 0 saturated heterocycles. The first-order chi connectivity index (χ1) is 9.06. The molecule has 5 heteroatoms. The Bertz CT molecular complexity index is 575.